The zero-order valence-corrected chi connectivity index (χ0v) is 17.1. The van der Waals surface area contributed by atoms with Gasteiger partial charge >= 0.3 is 18.1 Å². The Kier molecular flexibility index (Phi) is 10.1. The van der Waals surface area contributed by atoms with Gasteiger partial charge in [0.25, 0.3) is 0 Å². The summed E-state index contributed by atoms with van der Waals surface area (Å²) in [5.41, 5.74) is 1.16. The highest BCUT2D eigenvalue weighted by Gasteiger charge is 2.42. The number of benzene rings is 1. The Labute approximate surface area is 175 Å². The normalized spacial score (nSPS) is 15.0. The molecule has 0 atom stereocenters. The fourth-order valence-electron chi connectivity index (χ4n) is 3.52. The average molecular weight is 429 g/mol. The molecule has 1 fully saturated rings. The van der Waals surface area contributed by atoms with Gasteiger partial charge in [0.15, 0.2) is 0 Å². The van der Waals surface area contributed by atoms with Gasteiger partial charge in [-0.25, -0.2) is 4.79 Å². The maximum Gasteiger partial charge on any atom is 0.491 e. The van der Waals surface area contributed by atoms with Crippen LogP contribution < -0.4 is 10.1 Å². The Morgan fingerprint density at radius 2 is 1.73 bits per heavy atom. The van der Waals surface area contributed by atoms with Crippen LogP contribution in [0, 0.1) is 5.92 Å². The lowest BCUT2D eigenvalue weighted by Crippen LogP contribution is -2.29. The number of ether oxygens (including phenoxy) is 2. The molecule has 0 bridgehead atoms. The third-order valence-corrected chi connectivity index (χ3v) is 5.21. The Morgan fingerprint density at radius 1 is 1.03 bits per heavy atom. The van der Waals surface area contributed by atoms with E-state index in [1.165, 1.54) is 32.1 Å². The van der Waals surface area contributed by atoms with E-state index in [0.29, 0.717) is 6.54 Å². The van der Waals surface area contributed by atoms with Gasteiger partial charge in [0.05, 0.1) is 13.0 Å². The second kappa shape index (κ2) is 12.6. The van der Waals surface area contributed by atoms with Gasteiger partial charge in [-0.1, -0.05) is 44.2 Å². The molecule has 0 amide bonds. The Hall–Kier alpha value is -2.09. The molecule has 0 heterocycles. The lowest BCUT2D eigenvalue weighted by Gasteiger charge is -2.21. The highest BCUT2D eigenvalue weighted by Crippen LogP contribution is 2.26. The molecule has 1 aromatic carbocycles. The third kappa shape index (κ3) is 9.61. The molecule has 30 heavy (non-hydrogen) atoms. The van der Waals surface area contributed by atoms with Gasteiger partial charge in [0.2, 0.25) is 0 Å². The van der Waals surface area contributed by atoms with Crippen molar-refractivity contribution in [1.82, 2.24) is 5.32 Å². The van der Waals surface area contributed by atoms with Crippen LogP contribution in [0.1, 0.15) is 56.9 Å². The zero-order valence-electron chi connectivity index (χ0n) is 17.1. The van der Waals surface area contributed by atoms with E-state index >= 15 is 0 Å². The summed E-state index contributed by atoms with van der Waals surface area (Å²) in [6.45, 7) is 1.50. The molecule has 8 heteroatoms. The Balaban J connectivity index is 1.52. The first-order valence-electron chi connectivity index (χ1n) is 10.6. The molecule has 1 aliphatic rings. The molecule has 0 spiro atoms. The van der Waals surface area contributed by atoms with Crippen LogP contribution in [0.3, 0.4) is 0 Å². The van der Waals surface area contributed by atoms with Crippen LogP contribution in [-0.2, 0) is 20.7 Å². The van der Waals surface area contributed by atoms with Crippen molar-refractivity contribution < 1.29 is 32.2 Å². The van der Waals surface area contributed by atoms with Crippen molar-refractivity contribution in [2.75, 3.05) is 19.7 Å². The summed E-state index contributed by atoms with van der Waals surface area (Å²) in [5, 5.41) is 2.95. The van der Waals surface area contributed by atoms with Crippen LogP contribution in [0.15, 0.2) is 24.3 Å². The average Bonchev–Trinajstić information content (AvgIpc) is 2.71. The van der Waals surface area contributed by atoms with Gasteiger partial charge in [0, 0.05) is 6.54 Å². The highest BCUT2D eigenvalue weighted by molar-refractivity contribution is 5.88. The summed E-state index contributed by atoms with van der Waals surface area (Å²) in [6.07, 6.45) is 3.99. The number of hydrogen-bond acceptors (Lipinski definition) is 5. The van der Waals surface area contributed by atoms with Crippen molar-refractivity contribution in [2.45, 2.75) is 64.0 Å². The van der Waals surface area contributed by atoms with Gasteiger partial charge in [-0.15, -0.1) is 0 Å². The molecule has 5 nitrogen and oxygen atoms in total. The molecule has 2 rings (SSSR count). The topological polar surface area (TPSA) is 64.6 Å². The molecular weight excluding hydrogens is 399 g/mol. The number of nitrogens with one attached hydrogen (secondary N) is 1. The largest absolute Gasteiger partial charge is 0.494 e. The second-order valence-corrected chi connectivity index (χ2v) is 7.65. The van der Waals surface area contributed by atoms with Crippen molar-refractivity contribution in [1.29, 1.82) is 0 Å². The number of aryl methyl sites for hydroxylation is 1. The number of rotatable bonds is 11. The summed E-state index contributed by atoms with van der Waals surface area (Å²) < 4.78 is 45.5. The standard InChI is InChI=1S/C22H30F3NO4/c23-22(24,25)21(28)30-20(27)12-15-26-14-4-7-18-8-10-19(11-9-18)29-16-13-17-5-2-1-3-6-17/h8-11,17,26H,1-7,12-16H2. The predicted octanol–water partition coefficient (Wildman–Crippen LogP) is 4.58. The second-order valence-electron chi connectivity index (χ2n) is 7.65. The van der Waals surface area contributed by atoms with Gasteiger partial charge in [-0.05, 0) is 49.4 Å². The smallest absolute Gasteiger partial charge is 0.491 e. The van der Waals surface area contributed by atoms with Crippen LogP contribution in [0.4, 0.5) is 13.2 Å². The van der Waals surface area contributed by atoms with Crippen LogP contribution in [0.25, 0.3) is 0 Å². The summed E-state index contributed by atoms with van der Waals surface area (Å²) in [7, 11) is 0. The van der Waals surface area contributed by atoms with Crippen LogP contribution >= 0.6 is 0 Å². The van der Waals surface area contributed by atoms with E-state index in [9.17, 15) is 22.8 Å². The van der Waals surface area contributed by atoms with Crippen LogP contribution in [-0.4, -0.2) is 37.8 Å². The first-order chi connectivity index (χ1) is 14.3. The SMILES string of the molecule is O=C(CCNCCCc1ccc(OCCC2CCCCC2)cc1)OC(=O)C(F)(F)F. The first-order valence-corrected chi connectivity index (χ1v) is 10.6. The van der Waals surface area contributed by atoms with Crippen molar-refractivity contribution in [3.05, 3.63) is 29.8 Å². The third-order valence-electron chi connectivity index (χ3n) is 5.21. The lowest BCUT2D eigenvalue weighted by atomic mass is 9.87. The lowest BCUT2D eigenvalue weighted by molar-refractivity contribution is -0.201. The summed E-state index contributed by atoms with van der Waals surface area (Å²) in [4.78, 5) is 21.7. The monoisotopic (exact) mass is 429 g/mol. The van der Waals surface area contributed by atoms with Crippen LogP contribution in [0.5, 0.6) is 5.75 Å². The minimum Gasteiger partial charge on any atom is -0.494 e. The summed E-state index contributed by atoms with van der Waals surface area (Å²) >= 11 is 0. The van der Waals surface area contributed by atoms with Gasteiger partial charge in [-0.3, -0.25) is 4.79 Å². The number of alkyl halides is 3. The number of halogens is 3. The fourth-order valence-corrected chi connectivity index (χ4v) is 3.52. The molecule has 0 radical (unpaired) electrons. The van der Waals surface area contributed by atoms with E-state index in [0.717, 1.165) is 43.1 Å². The maximum absolute atomic E-state index is 12.0. The predicted molar refractivity (Wildman–Crippen MR) is 106 cm³/mol. The van der Waals surface area contributed by atoms with E-state index in [-0.39, 0.29) is 13.0 Å². The van der Waals surface area contributed by atoms with Crippen LogP contribution in [0.2, 0.25) is 0 Å². The molecule has 0 aliphatic heterocycles. The number of carbonyl (C=O) groups excluding carboxylic acids is 2. The molecule has 1 N–H and O–H groups in total. The van der Waals surface area contributed by atoms with E-state index in [2.05, 4.69) is 10.1 Å². The molecule has 1 aliphatic carbocycles. The molecular formula is C22H30F3NO4. The van der Waals surface area contributed by atoms with Gasteiger partial charge in [-0.2, -0.15) is 13.2 Å². The molecule has 0 saturated heterocycles. The van der Waals surface area contributed by atoms with Gasteiger partial charge < -0.3 is 14.8 Å². The molecule has 0 unspecified atom stereocenters. The highest BCUT2D eigenvalue weighted by atomic mass is 19.4. The summed E-state index contributed by atoms with van der Waals surface area (Å²) in [6, 6.07) is 7.99. The molecule has 1 aromatic rings. The van der Waals surface area contributed by atoms with Crippen molar-refractivity contribution in [3.8, 4) is 5.75 Å². The maximum atomic E-state index is 12.0. The number of carbonyl (C=O) groups is 2. The fraction of sp³-hybridized carbons (Fsp3) is 0.636. The molecule has 1 saturated carbocycles. The summed E-state index contributed by atoms with van der Waals surface area (Å²) in [5.74, 6) is -1.99. The van der Waals surface area contributed by atoms with Crippen molar-refractivity contribution in [2.24, 2.45) is 5.92 Å². The first kappa shape index (κ1) is 24.2. The number of esters is 2. The minimum absolute atomic E-state index is 0.151. The van der Waals surface area contributed by atoms with E-state index in [1.807, 2.05) is 24.3 Å². The number of hydrogen-bond donors (Lipinski definition) is 1. The quantitative estimate of drug-likeness (QED) is 0.317. The van der Waals surface area contributed by atoms with Crippen molar-refractivity contribution >= 4 is 11.9 Å². The van der Waals surface area contributed by atoms with E-state index < -0.39 is 18.1 Å². The van der Waals surface area contributed by atoms with E-state index in [4.69, 9.17) is 4.74 Å². The van der Waals surface area contributed by atoms with Gasteiger partial charge in [0.1, 0.15) is 5.75 Å². The Bertz CT molecular complexity index is 655. The minimum atomic E-state index is -5.15. The Morgan fingerprint density at radius 3 is 2.40 bits per heavy atom. The molecule has 168 valence electrons. The van der Waals surface area contributed by atoms with E-state index in [1.54, 1.807) is 0 Å². The zero-order chi connectivity index (χ0) is 21.8. The molecule has 0 aromatic heterocycles. The van der Waals surface area contributed by atoms with Crippen molar-refractivity contribution in [3.63, 3.8) is 0 Å².